The lowest BCUT2D eigenvalue weighted by molar-refractivity contribution is -0.193. The lowest BCUT2D eigenvalue weighted by Crippen LogP contribution is -2.55. The monoisotopic (exact) mass is 572 g/mol. The number of carboxylic acid groups (broad SMARTS) is 2. The van der Waals surface area contributed by atoms with E-state index in [1.807, 2.05) is 0 Å². The van der Waals surface area contributed by atoms with Gasteiger partial charge in [0.1, 0.15) is 0 Å². The van der Waals surface area contributed by atoms with Crippen molar-refractivity contribution in [3.05, 3.63) is 35.4 Å². The molecule has 1 aromatic rings. The van der Waals surface area contributed by atoms with Crippen LogP contribution in [-0.2, 0) is 19.7 Å². The second-order valence-electron chi connectivity index (χ2n) is 9.70. The number of morpholine rings is 1. The summed E-state index contributed by atoms with van der Waals surface area (Å²) in [6, 6.07) is 8.88. The quantitative estimate of drug-likeness (QED) is 0.403. The van der Waals surface area contributed by atoms with E-state index in [4.69, 9.17) is 24.5 Å². The van der Waals surface area contributed by atoms with Crippen molar-refractivity contribution < 1.29 is 56.0 Å². The molecule has 2 aliphatic heterocycles. The number of carboxylic acids is 2. The summed E-state index contributed by atoms with van der Waals surface area (Å²) < 4.78 is 69.7. The third-order valence-electron chi connectivity index (χ3n) is 7.62. The number of hydrogen-bond acceptors (Lipinski definition) is 6. The van der Waals surface area contributed by atoms with E-state index in [-0.39, 0.29) is 23.2 Å². The highest BCUT2D eigenvalue weighted by Crippen LogP contribution is 2.52. The average Bonchev–Trinajstić information content (AvgIpc) is 3.11. The molecule has 39 heavy (non-hydrogen) atoms. The van der Waals surface area contributed by atoms with Crippen molar-refractivity contribution in [1.29, 1.82) is 0 Å². The molecule has 1 spiro atoms. The molecule has 4 rings (SSSR count). The largest absolute Gasteiger partial charge is 0.490 e. The fourth-order valence-corrected chi connectivity index (χ4v) is 5.46. The van der Waals surface area contributed by atoms with E-state index in [1.54, 1.807) is 0 Å². The van der Waals surface area contributed by atoms with E-state index in [1.165, 1.54) is 11.1 Å². The number of rotatable bonds is 3. The molecule has 0 amide bonds. The number of alkyl halides is 6. The number of piperidine rings is 1. The van der Waals surface area contributed by atoms with Gasteiger partial charge in [0.05, 0.1) is 24.4 Å². The molecule has 222 valence electrons. The van der Waals surface area contributed by atoms with Gasteiger partial charge < -0.3 is 25.4 Å². The first-order chi connectivity index (χ1) is 18.0. The molecule has 3 aliphatic rings. The molecular formula is C25H34F6N2O6. The van der Waals surface area contributed by atoms with Gasteiger partial charge in [0, 0.05) is 18.5 Å². The first kappa shape index (κ1) is 32.8. The predicted octanol–water partition coefficient (Wildman–Crippen LogP) is 3.88. The van der Waals surface area contributed by atoms with Crippen molar-refractivity contribution in [2.75, 3.05) is 32.8 Å². The van der Waals surface area contributed by atoms with Crippen molar-refractivity contribution >= 4 is 11.9 Å². The van der Waals surface area contributed by atoms with E-state index in [0.717, 1.165) is 58.5 Å². The molecule has 1 aromatic carbocycles. The number of halogens is 6. The number of aliphatic hydroxyl groups excluding tert-OH is 1. The summed E-state index contributed by atoms with van der Waals surface area (Å²) in [5, 5.41) is 29.3. The van der Waals surface area contributed by atoms with Gasteiger partial charge in [-0.05, 0) is 49.9 Å². The van der Waals surface area contributed by atoms with Crippen molar-refractivity contribution in [2.24, 2.45) is 0 Å². The zero-order valence-corrected chi connectivity index (χ0v) is 21.6. The van der Waals surface area contributed by atoms with Gasteiger partial charge in [-0.25, -0.2) is 9.59 Å². The molecule has 0 radical (unpaired) electrons. The molecule has 4 N–H and O–H groups in total. The summed E-state index contributed by atoms with van der Waals surface area (Å²) in [6.45, 7) is 9.03. The highest BCUT2D eigenvalue weighted by molar-refractivity contribution is 5.73. The van der Waals surface area contributed by atoms with Gasteiger partial charge in [-0.1, -0.05) is 38.1 Å². The maximum absolute atomic E-state index is 11.5. The zero-order valence-electron chi connectivity index (χ0n) is 21.6. The van der Waals surface area contributed by atoms with Crippen molar-refractivity contribution in [1.82, 2.24) is 10.2 Å². The van der Waals surface area contributed by atoms with Crippen molar-refractivity contribution in [3.63, 3.8) is 0 Å². The summed E-state index contributed by atoms with van der Waals surface area (Å²) in [5.41, 5.74) is 2.60. The van der Waals surface area contributed by atoms with Crippen LogP contribution in [0.4, 0.5) is 26.3 Å². The fraction of sp³-hybridized carbons (Fsp3) is 0.680. The van der Waals surface area contributed by atoms with Crippen LogP contribution in [0, 0.1) is 0 Å². The highest BCUT2D eigenvalue weighted by atomic mass is 19.4. The van der Waals surface area contributed by atoms with Gasteiger partial charge in [-0.2, -0.15) is 26.3 Å². The first-order valence-corrected chi connectivity index (χ1v) is 12.5. The summed E-state index contributed by atoms with van der Waals surface area (Å²) in [6.07, 6.45) is -6.38. The van der Waals surface area contributed by atoms with Crippen molar-refractivity contribution in [2.45, 2.75) is 75.0 Å². The number of fused-ring (bicyclic) bond motifs is 2. The van der Waals surface area contributed by atoms with E-state index >= 15 is 0 Å². The highest BCUT2D eigenvalue weighted by Gasteiger charge is 2.54. The van der Waals surface area contributed by atoms with E-state index in [9.17, 15) is 31.4 Å². The molecule has 2 saturated heterocycles. The van der Waals surface area contributed by atoms with Crippen LogP contribution in [0.2, 0.25) is 0 Å². The Morgan fingerprint density at radius 1 is 1.00 bits per heavy atom. The van der Waals surface area contributed by atoms with Gasteiger partial charge in [-0.3, -0.25) is 4.90 Å². The minimum atomic E-state index is -5.08. The number of carbonyl (C=O) groups is 2. The SMILES string of the molecule is CCC1(CC)CN([C@@H]2c3ccccc3C3(CCNCC3)[C@H]2O)CCO1.O=C(O)C(F)(F)F.O=C(O)C(F)(F)F. The molecular weight excluding hydrogens is 538 g/mol. The molecule has 1 aliphatic carbocycles. The Morgan fingerprint density at radius 2 is 1.49 bits per heavy atom. The van der Waals surface area contributed by atoms with Gasteiger partial charge in [0.25, 0.3) is 0 Å². The summed E-state index contributed by atoms with van der Waals surface area (Å²) in [5.74, 6) is -5.51. The average molecular weight is 573 g/mol. The normalized spacial score (nSPS) is 24.0. The van der Waals surface area contributed by atoms with E-state index in [2.05, 4.69) is 48.3 Å². The lowest BCUT2D eigenvalue weighted by atomic mass is 9.72. The Labute approximate surface area is 221 Å². The Bertz CT molecular complexity index is 953. The number of hydrogen-bond donors (Lipinski definition) is 4. The molecule has 2 atom stereocenters. The predicted molar refractivity (Wildman–Crippen MR) is 127 cm³/mol. The smallest absolute Gasteiger partial charge is 0.475 e. The molecule has 0 aromatic heterocycles. The minimum Gasteiger partial charge on any atom is -0.475 e. The number of benzene rings is 1. The van der Waals surface area contributed by atoms with Crippen LogP contribution >= 0.6 is 0 Å². The third-order valence-corrected chi connectivity index (χ3v) is 7.62. The topological polar surface area (TPSA) is 119 Å². The summed E-state index contributed by atoms with van der Waals surface area (Å²) >= 11 is 0. The Balaban J connectivity index is 0.000000317. The molecule has 0 saturated carbocycles. The molecule has 0 bridgehead atoms. The van der Waals surface area contributed by atoms with Crippen LogP contribution in [0.3, 0.4) is 0 Å². The molecule has 2 fully saturated rings. The van der Waals surface area contributed by atoms with Gasteiger partial charge in [0.15, 0.2) is 0 Å². The molecule has 0 unspecified atom stereocenters. The second-order valence-corrected chi connectivity index (χ2v) is 9.70. The van der Waals surface area contributed by atoms with Crippen LogP contribution in [0.5, 0.6) is 0 Å². The number of ether oxygens (including phenoxy) is 1. The van der Waals surface area contributed by atoms with E-state index in [0.29, 0.717) is 0 Å². The van der Waals surface area contributed by atoms with Crippen LogP contribution in [0.15, 0.2) is 24.3 Å². The fourth-order valence-electron chi connectivity index (χ4n) is 5.46. The number of nitrogens with one attached hydrogen (secondary N) is 1. The van der Waals surface area contributed by atoms with Crippen LogP contribution in [0.1, 0.15) is 56.7 Å². The Kier molecular flexibility index (Phi) is 10.8. The number of aliphatic hydroxyl groups is 1. The minimum absolute atomic E-state index is 0.0587. The van der Waals surface area contributed by atoms with Crippen LogP contribution in [0.25, 0.3) is 0 Å². The lowest BCUT2D eigenvalue weighted by Gasteiger charge is -2.46. The number of nitrogens with zero attached hydrogens (tertiary/aromatic N) is 1. The second kappa shape index (κ2) is 12.8. The number of aliphatic carboxylic acids is 2. The zero-order chi connectivity index (χ0) is 29.6. The maximum atomic E-state index is 11.5. The summed E-state index contributed by atoms with van der Waals surface area (Å²) in [7, 11) is 0. The standard InChI is InChI=1S/C21H32N2O2.2C2HF3O2/c1-3-20(4-2)15-23(13-14-25-20)18-16-7-5-6-8-17(16)21(19(18)24)9-11-22-12-10-21;2*3-2(4,5)1(6)7/h5-8,18-19,22,24H,3-4,9-15H2,1-2H3;2*(H,6,7)/t18-,19+;;/m1../s1. The Hall–Kier alpha value is -2.42. The maximum Gasteiger partial charge on any atom is 0.490 e. The van der Waals surface area contributed by atoms with Gasteiger partial charge in [0.2, 0.25) is 0 Å². The van der Waals surface area contributed by atoms with Crippen LogP contribution in [-0.4, -0.2) is 89.0 Å². The van der Waals surface area contributed by atoms with Crippen molar-refractivity contribution in [3.8, 4) is 0 Å². The van der Waals surface area contributed by atoms with Gasteiger partial charge in [-0.15, -0.1) is 0 Å². The van der Waals surface area contributed by atoms with Gasteiger partial charge >= 0.3 is 24.3 Å². The Morgan fingerprint density at radius 3 is 1.95 bits per heavy atom. The van der Waals surface area contributed by atoms with Crippen LogP contribution < -0.4 is 5.32 Å². The van der Waals surface area contributed by atoms with E-state index < -0.39 is 24.3 Å². The summed E-state index contributed by atoms with van der Waals surface area (Å²) in [4.78, 5) is 20.3. The molecule has 2 heterocycles. The molecule has 14 heteroatoms. The molecule has 8 nitrogen and oxygen atoms in total. The third kappa shape index (κ3) is 7.62. The first-order valence-electron chi connectivity index (χ1n) is 12.5.